The van der Waals surface area contributed by atoms with Crippen molar-refractivity contribution in [3.8, 4) is 20.9 Å². The number of hydrogen-bond donors (Lipinski definition) is 0. The van der Waals surface area contributed by atoms with E-state index in [1.165, 1.54) is 107 Å². The predicted molar refractivity (Wildman–Crippen MR) is 533 cm³/mol. The molecular weight excluding hydrogens is 1800 g/mol. The number of fused-ring (bicyclic) bond motifs is 6. The Morgan fingerprint density at radius 1 is 0.483 bits per heavy atom. The average molecular weight is 1970 g/mol. The number of hydrogen-bond acceptors (Lipinski definition) is 18. The predicted octanol–water partition coefficient (Wildman–Crippen LogP) is 27.9. The molecule has 4 fully saturated rings. The van der Waals surface area contributed by atoms with Crippen LogP contribution >= 0.6 is 38.6 Å². The second-order valence-electron chi connectivity index (χ2n) is 43.5. The van der Waals surface area contributed by atoms with E-state index >= 15 is 0 Å². The van der Waals surface area contributed by atoms with Gasteiger partial charge >= 0.3 is 120 Å². The molecule has 678 valence electrons. The van der Waals surface area contributed by atoms with E-state index in [0.29, 0.717) is 77.6 Å². The third kappa shape index (κ3) is 30.1. The SMILES string of the molecule is C=C(OCC)c1c(C2C[C@H]3CC[C@@H](C2)C3)nc2c(-c3cnc(CO[Si](C)(C)C(C)(C)C)s3)cnn2c1N(COCC[Si](C)(C)C)COCC[Si](C)(C)C.C=[C](OCC)[Sn]([CH2]CCC)([CH2]CCC)[CH2]CCC.CC(C)(C)[Si](C)(C)OCc1ncc(-c2cnn3c(N(COCC[Si](C)(C)C)COCC[Si](C)(C)C)c(Br)c(C4C[C@H]5CC[C@@H](C4)C5)nc23)s1. The van der Waals surface area contributed by atoms with Gasteiger partial charge in [0.25, 0.3) is 0 Å². The fourth-order valence-electron chi connectivity index (χ4n) is 16.5. The van der Waals surface area contributed by atoms with Gasteiger partial charge in [-0.1, -0.05) is 152 Å². The summed E-state index contributed by atoms with van der Waals surface area (Å²) in [6.07, 6.45) is 28.7. The second-order valence-corrected chi connectivity index (χ2v) is 91.8. The molecule has 6 heterocycles. The first-order valence-corrected chi connectivity index (χ1v) is 76.9. The molecule has 10 rings (SSSR count). The van der Waals surface area contributed by atoms with Gasteiger partial charge in [0.15, 0.2) is 33.7 Å². The summed E-state index contributed by atoms with van der Waals surface area (Å²) in [5.74, 6) is 6.33. The normalized spacial score (nSPS) is 18.8. The van der Waals surface area contributed by atoms with E-state index in [-0.39, 0.29) is 10.1 Å². The van der Waals surface area contributed by atoms with Gasteiger partial charge in [-0.3, -0.25) is 0 Å². The zero-order valence-electron chi connectivity index (χ0n) is 80.4. The van der Waals surface area contributed by atoms with Gasteiger partial charge in [0.1, 0.15) is 48.5 Å². The fourth-order valence-corrected chi connectivity index (χ4v) is 38.8. The molecule has 0 spiro atoms. The Morgan fingerprint density at radius 3 is 1.17 bits per heavy atom. The summed E-state index contributed by atoms with van der Waals surface area (Å²) in [5, 5.41) is 12.3. The van der Waals surface area contributed by atoms with Gasteiger partial charge in [-0.25, -0.2) is 19.9 Å². The topological polar surface area (TPSA) is 166 Å². The van der Waals surface area contributed by atoms with E-state index in [9.17, 15) is 0 Å². The maximum absolute atomic E-state index is 6.57. The molecule has 0 saturated heterocycles. The smallest absolute Gasteiger partial charge is 0.192 e. The molecule has 28 heteroatoms. The molecule has 4 aliphatic rings. The van der Waals surface area contributed by atoms with Crippen LogP contribution < -0.4 is 9.80 Å². The molecule has 0 aliphatic heterocycles. The zero-order chi connectivity index (χ0) is 88.4. The minimum absolute atomic E-state index is 0.136. The van der Waals surface area contributed by atoms with Crippen molar-refractivity contribution in [3.63, 3.8) is 0 Å². The molecule has 18 nitrogen and oxygen atoms in total. The maximum Gasteiger partial charge on any atom is 0.192 e. The number of rotatable bonds is 47. The van der Waals surface area contributed by atoms with Gasteiger partial charge in [-0.2, -0.15) is 19.2 Å². The summed E-state index contributed by atoms with van der Waals surface area (Å²) in [6, 6.07) is 4.44. The van der Waals surface area contributed by atoms with Crippen LogP contribution in [0.1, 0.15) is 218 Å². The van der Waals surface area contributed by atoms with Crippen LogP contribution in [0.2, 0.25) is 152 Å². The van der Waals surface area contributed by atoms with Crippen molar-refractivity contribution in [2.24, 2.45) is 23.7 Å². The summed E-state index contributed by atoms with van der Waals surface area (Å²) in [4.78, 5) is 27.3. The molecule has 0 amide bonds. The number of nitrogens with zero attached hydrogens (tertiary/aromatic N) is 10. The van der Waals surface area contributed by atoms with Crippen molar-refractivity contribution in [2.45, 2.75) is 356 Å². The van der Waals surface area contributed by atoms with E-state index in [1.807, 2.05) is 40.7 Å². The van der Waals surface area contributed by atoms with Gasteiger partial charge in [-0.05, 0) is 145 Å². The molecule has 6 aromatic heterocycles. The Labute approximate surface area is 754 Å². The molecule has 4 saturated carbocycles. The standard InChI is InChI=1S/C40H69N5O4SSi3.C36H62BrN5O3SSi3.C4H7O.3C4H9.Sn/c1-14-48-29(2)36-37(32-22-30-15-16-31(21-30)23-32)43-38-33(34-25-41-35(50-34)26-49-53(12,13)40(3,4)5)24-42-45(38)39(36)44(27-46-17-19-51(6,7)8)28-47-18-20-52(9,10)11;1-36(2,3)49(10,11)45-23-31-38-22-30(46-31)29-21-39-42-34(29)40-33(28-19-26-12-13-27(18-26)20-28)32(37)35(42)41(24-43-14-16-47(4,5)6)25-44-15-17-48(7,8)9;1-3-5-4-2;3*1-3-4-2;/h24-25,30-32H,2,14-23,26-28H2,1,3-13H3;21-22,26-28H,12-20,23-25H2,1-11H3;1,4H2,2H3;3*1,3-4H2,2H3;/t30-,31+,32?;26-,27+,28?;;;;;. The third-order valence-electron chi connectivity index (χ3n) is 26.3. The van der Waals surface area contributed by atoms with Crippen LogP contribution in [0, 0.1) is 23.7 Å². The Balaban J connectivity index is 0.000000249. The van der Waals surface area contributed by atoms with Crippen molar-refractivity contribution in [2.75, 3.05) is 76.4 Å². The minimum Gasteiger partial charge on any atom is -0.410 e. The van der Waals surface area contributed by atoms with Crippen LogP contribution in [0.4, 0.5) is 11.6 Å². The van der Waals surface area contributed by atoms with Crippen LogP contribution in [0.3, 0.4) is 0 Å². The summed E-state index contributed by atoms with van der Waals surface area (Å²) in [7, 11) is -8.84. The molecule has 120 heavy (non-hydrogen) atoms. The molecule has 0 N–H and O–H groups in total. The van der Waals surface area contributed by atoms with E-state index in [4.69, 9.17) is 67.4 Å². The second kappa shape index (κ2) is 45.7. The zero-order valence-corrected chi connectivity index (χ0v) is 92.4. The molecule has 0 radical (unpaired) electrons. The van der Waals surface area contributed by atoms with Gasteiger partial charge < -0.3 is 42.3 Å². The van der Waals surface area contributed by atoms with Crippen molar-refractivity contribution in [3.05, 3.63) is 73.2 Å². The van der Waals surface area contributed by atoms with Crippen molar-refractivity contribution in [1.29, 1.82) is 0 Å². The molecular formula is C92H165BrN10O8S2Si6Sn. The summed E-state index contributed by atoms with van der Waals surface area (Å²) in [6.45, 7) is 78.4. The van der Waals surface area contributed by atoms with Crippen LogP contribution in [-0.2, 0) is 50.5 Å². The van der Waals surface area contributed by atoms with Crippen LogP contribution in [0.5, 0.6) is 0 Å². The largest absolute Gasteiger partial charge is 0.410 e. The van der Waals surface area contributed by atoms with Crippen molar-refractivity contribution in [1.82, 2.24) is 39.2 Å². The van der Waals surface area contributed by atoms with Crippen molar-refractivity contribution >= 4 is 135 Å². The van der Waals surface area contributed by atoms with Gasteiger partial charge in [0.2, 0.25) is 0 Å². The Hall–Kier alpha value is -2.48. The van der Waals surface area contributed by atoms with Crippen LogP contribution in [0.15, 0.2) is 46.2 Å². The molecule has 0 aromatic carbocycles. The molecule has 6 atom stereocenters. The first-order chi connectivity index (χ1) is 56.2. The number of unbranched alkanes of at least 4 members (excludes halogenated alkanes) is 3. The number of halogens is 1. The number of anilines is 2. The van der Waals surface area contributed by atoms with Crippen LogP contribution in [0.25, 0.3) is 37.9 Å². The molecule has 4 aliphatic carbocycles. The monoisotopic (exact) mass is 1970 g/mol. The summed E-state index contributed by atoms with van der Waals surface area (Å²) < 4.78 is 61.8. The molecule has 2 unspecified atom stereocenters. The first kappa shape index (κ1) is 103. The van der Waals surface area contributed by atoms with Crippen molar-refractivity contribution < 1.29 is 37.3 Å². The van der Waals surface area contributed by atoms with E-state index in [0.717, 1.165) is 156 Å². The number of aromatic nitrogens is 8. The fraction of sp³-hybridized carbons (Fsp3) is 0.761. The van der Waals surface area contributed by atoms with E-state index < -0.39 is 67.3 Å². The van der Waals surface area contributed by atoms with Crippen LogP contribution in [-0.4, -0.2) is 173 Å². The Morgan fingerprint density at radius 2 is 0.825 bits per heavy atom. The van der Waals surface area contributed by atoms with Gasteiger partial charge in [-0.15, -0.1) is 22.7 Å². The Bertz CT molecular complexity index is 4080. The maximum atomic E-state index is 6.57. The summed E-state index contributed by atoms with van der Waals surface area (Å²) in [5.41, 5.74) is 6.87. The first-order valence-electron chi connectivity index (χ1n) is 46.4. The number of thiazole rings is 2. The van der Waals surface area contributed by atoms with Gasteiger partial charge in [0.05, 0.1) is 74.5 Å². The Kier molecular flexibility index (Phi) is 39.2. The minimum atomic E-state index is -2.24. The molecule has 6 aromatic rings. The van der Waals surface area contributed by atoms with E-state index in [1.54, 1.807) is 22.7 Å². The quantitative estimate of drug-likeness (QED) is 0.0153. The van der Waals surface area contributed by atoms with Gasteiger partial charge in [0, 0.05) is 83.0 Å². The average Bonchev–Trinajstić information content (AvgIpc) is 1.56. The summed E-state index contributed by atoms with van der Waals surface area (Å²) >= 11 is 5.24. The molecule has 4 bridgehead atoms. The number of ether oxygens (including phenoxy) is 6. The third-order valence-corrected chi connectivity index (χ3v) is 59.8. The van der Waals surface area contributed by atoms with E-state index in [2.05, 4.69) is 213 Å².